The maximum Gasteiger partial charge on any atom is 0.251 e. The van der Waals surface area contributed by atoms with Crippen molar-refractivity contribution >= 4 is 28.4 Å². The van der Waals surface area contributed by atoms with E-state index in [-0.39, 0.29) is 5.91 Å². The Labute approximate surface area is 160 Å². The first-order valence-corrected chi connectivity index (χ1v) is 8.62. The van der Waals surface area contributed by atoms with E-state index >= 15 is 0 Å². The number of hydrogen-bond acceptors (Lipinski definition) is 5. The highest BCUT2D eigenvalue weighted by molar-refractivity contribution is 5.96. The number of fused-ring (bicyclic) bond motifs is 1. The molecule has 0 saturated heterocycles. The second-order valence-corrected chi connectivity index (χ2v) is 6.20. The Morgan fingerprint density at radius 2 is 1.96 bits per heavy atom. The van der Waals surface area contributed by atoms with E-state index in [0.29, 0.717) is 28.1 Å². The molecule has 2 aromatic heterocycles. The van der Waals surface area contributed by atoms with E-state index < -0.39 is 5.82 Å². The molecule has 7 nitrogen and oxygen atoms in total. The molecule has 0 aliphatic carbocycles. The van der Waals surface area contributed by atoms with Gasteiger partial charge >= 0.3 is 0 Å². The summed E-state index contributed by atoms with van der Waals surface area (Å²) in [7, 11) is 1.58. The summed E-state index contributed by atoms with van der Waals surface area (Å²) in [6.45, 7) is 1.93. The molecule has 0 spiro atoms. The van der Waals surface area contributed by atoms with Gasteiger partial charge in [-0.3, -0.25) is 4.79 Å². The molecule has 8 heteroatoms. The Morgan fingerprint density at radius 1 is 1.14 bits per heavy atom. The Morgan fingerprint density at radius 3 is 2.75 bits per heavy atom. The maximum atomic E-state index is 14.2. The minimum absolute atomic E-state index is 0.178. The van der Waals surface area contributed by atoms with Gasteiger partial charge in [-0.2, -0.15) is 5.10 Å². The Balaban J connectivity index is 1.77. The molecule has 0 saturated carbocycles. The van der Waals surface area contributed by atoms with Crippen molar-refractivity contribution in [2.75, 3.05) is 12.4 Å². The number of halogens is 1. The fraction of sp³-hybridized carbons (Fsp3) is 0.100. The number of amides is 1. The summed E-state index contributed by atoms with van der Waals surface area (Å²) in [6.07, 6.45) is 2.98. The third-order valence-electron chi connectivity index (χ3n) is 4.43. The number of rotatable bonds is 4. The molecule has 0 aliphatic rings. The summed E-state index contributed by atoms with van der Waals surface area (Å²) < 4.78 is 15.6. The molecule has 0 fully saturated rings. The average Bonchev–Trinajstić information content (AvgIpc) is 3.14. The van der Waals surface area contributed by atoms with Crippen molar-refractivity contribution in [3.8, 4) is 5.69 Å². The zero-order chi connectivity index (χ0) is 19.7. The van der Waals surface area contributed by atoms with Gasteiger partial charge in [0.05, 0.1) is 11.6 Å². The number of aromatic nitrogens is 4. The Hall–Kier alpha value is -3.81. The third kappa shape index (κ3) is 3.05. The summed E-state index contributed by atoms with van der Waals surface area (Å²) >= 11 is 0. The smallest absolute Gasteiger partial charge is 0.251 e. The molecule has 2 N–H and O–H groups in total. The molecule has 140 valence electrons. The predicted octanol–water partition coefficient (Wildman–Crippen LogP) is 3.37. The van der Waals surface area contributed by atoms with E-state index in [9.17, 15) is 9.18 Å². The molecule has 1 amide bonds. The molecule has 0 aliphatic heterocycles. The number of nitrogens with one attached hydrogen (secondary N) is 2. The fourth-order valence-corrected chi connectivity index (χ4v) is 2.91. The molecule has 4 rings (SSSR count). The van der Waals surface area contributed by atoms with Gasteiger partial charge in [0, 0.05) is 18.3 Å². The quantitative estimate of drug-likeness (QED) is 0.570. The van der Waals surface area contributed by atoms with Crippen molar-refractivity contribution in [3.05, 3.63) is 71.9 Å². The number of hydrogen-bond donors (Lipinski definition) is 2. The first kappa shape index (κ1) is 17.6. The van der Waals surface area contributed by atoms with Crippen LogP contribution in [0.3, 0.4) is 0 Å². The number of carbonyl (C=O) groups excluding carboxylic acids is 1. The summed E-state index contributed by atoms with van der Waals surface area (Å²) in [5, 5.41) is 10.8. The highest BCUT2D eigenvalue weighted by atomic mass is 19.1. The van der Waals surface area contributed by atoms with Gasteiger partial charge in [0.2, 0.25) is 0 Å². The zero-order valence-electron chi connectivity index (χ0n) is 15.3. The van der Waals surface area contributed by atoms with Gasteiger partial charge in [0.15, 0.2) is 5.65 Å². The van der Waals surface area contributed by atoms with E-state index in [2.05, 4.69) is 25.7 Å². The number of carbonyl (C=O) groups is 1. The van der Waals surface area contributed by atoms with Gasteiger partial charge in [-0.15, -0.1) is 0 Å². The third-order valence-corrected chi connectivity index (χ3v) is 4.43. The minimum Gasteiger partial charge on any atom is -0.355 e. The Bertz CT molecular complexity index is 1190. The van der Waals surface area contributed by atoms with Crippen molar-refractivity contribution in [3.63, 3.8) is 0 Å². The molecule has 0 atom stereocenters. The normalized spacial score (nSPS) is 10.8. The second-order valence-electron chi connectivity index (χ2n) is 6.20. The van der Waals surface area contributed by atoms with Crippen molar-refractivity contribution in [1.29, 1.82) is 0 Å². The molecular formula is C20H17FN6O. The molecule has 4 aromatic rings. The van der Waals surface area contributed by atoms with Crippen LogP contribution in [0.15, 0.2) is 55.0 Å². The van der Waals surface area contributed by atoms with Gasteiger partial charge in [0.25, 0.3) is 5.91 Å². The van der Waals surface area contributed by atoms with Gasteiger partial charge in [-0.1, -0.05) is 18.2 Å². The number of benzene rings is 2. The lowest BCUT2D eigenvalue weighted by Crippen LogP contribution is -2.17. The molecule has 0 unspecified atom stereocenters. The van der Waals surface area contributed by atoms with E-state index in [1.165, 1.54) is 17.1 Å². The summed E-state index contributed by atoms with van der Waals surface area (Å²) in [5.41, 5.74) is 2.99. The first-order chi connectivity index (χ1) is 13.6. The highest BCUT2D eigenvalue weighted by Crippen LogP contribution is 2.27. The number of anilines is 2. The minimum atomic E-state index is -0.394. The number of para-hydroxylation sites is 1. The lowest BCUT2D eigenvalue weighted by molar-refractivity contribution is 0.0963. The summed E-state index contributed by atoms with van der Waals surface area (Å²) in [5.74, 6) is -0.0530. The molecular weight excluding hydrogens is 359 g/mol. The van der Waals surface area contributed by atoms with E-state index in [0.717, 1.165) is 11.3 Å². The summed E-state index contributed by atoms with van der Waals surface area (Å²) in [6, 6.07) is 11.7. The molecule has 28 heavy (non-hydrogen) atoms. The van der Waals surface area contributed by atoms with Crippen LogP contribution in [0.5, 0.6) is 0 Å². The largest absolute Gasteiger partial charge is 0.355 e. The van der Waals surface area contributed by atoms with Gasteiger partial charge in [-0.25, -0.2) is 19.0 Å². The number of aryl methyl sites for hydroxylation is 1. The summed E-state index contributed by atoms with van der Waals surface area (Å²) in [4.78, 5) is 20.5. The van der Waals surface area contributed by atoms with Crippen molar-refractivity contribution < 1.29 is 9.18 Å². The van der Waals surface area contributed by atoms with Crippen molar-refractivity contribution in [2.45, 2.75) is 6.92 Å². The van der Waals surface area contributed by atoms with Crippen LogP contribution in [0.1, 0.15) is 15.9 Å². The van der Waals surface area contributed by atoms with Crippen LogP contribution in [-0.4, -0.2) is 32.7 Å². The number of nitrogens with zero attached hydrogens (tertiary/aromatic N) is 4. The van der Waals surface area contributed by atoms with E-state index in [1.807, 2.05) is 13.0 Å². The molecule has 2 aromatic carbocycles. The lowest BCUT2D eigenvalue weighted by Gasteiger charge is -2.11. The van der Waals surface area contributed by atoms with Crippen LogP contribution >= 0.6 is 0 Å². The fourth-order valence-electron chi connectivity index (χ4n) is 2.91. The Kier molecular flexibility index (Phi) is 4.44. The van der Waals surface area contributed by atoms with Crippen LogP contribution in [0.4, 0.5) is 15.9 Å². The standard InChI is InChI=1S/C20H17FN6O/c1-12-7-8-13(20(28)22-2)9-16(12)26-18-14-10-25-27(19(14)24-11-23-18)17-6-4-3-5-15(17)21/h3-11H,1-2H3,(H,22,28)(H,23,24,26). The van der Waals surface area contributed by atoms with Crippen LogP contribution in [0.25, 0.3) is 16.7 Å². The van der Waals surface area contributed by atoms with Gasteiger partial charge < -0.3 is 10.6 Å². The van der Waals surface area contributed by atoms with Crippen LogP contribution < -0.4 is 10.6 Å². The van der Waals surface area contributed by atoms with Crippen LogP contribution in [0.2, 0.25) is 0 Å². The lowest BCUT2D eigenvalue weighted by atomic mass is 10.1. The van der Waals surface area contributed by atoms with E-state index in [1.54, 1.807) is 43.6 Å². The van der Waals surface area contributed by atoms with Crippen molar-refractivity contribution in [2.24, 2.45) is 0 Å². The van der Waals surface area contributed by atoms with E-state index in [4.69, 9.17) is 0 Å². The second kappa shape index (κ2) is 7.07. The van der Waals surface area contributed by atoms with Gasteiger partial charge in [-0.05, 0) is 36.8 Å². The average molecular weight is 376 g/mol. The van der Waals surface area contributed by atoms with Gasteiger partial charge in [0.1, 0.15) is 23.6 Å². The highest BCUT2D eigenvalue weighted by Gasteiger charge is 2.15. The predicted molar refractivity (Wildman–Crippen MR) is 104 cm³/mol. The van der Waals surface area contributed by atoms with Crippen LogP contribution in [0, 0.1) is 12.7 Å². The topological polar surface area (TPSA) is 84.7 Å². The maximum absolute atomic E-state index is 14.2. The van der Waals surface area contributed by atoms with Crippen LogP contribution in [-0.2, 0) is 0 Å². The first-order valence-electron chi connectivity index (χ1n) is 8.62. The monoisotopic (exact) mass is 376 g/mol. The molecule has 2 heterocycles. The molecule has 0 bridgehead atoms. The van der Waals surface area contributed by atoms with Crippen molar-refractivity contribution in [1.82, 2.24) is 25.1 Å². The molecule has 0 radical (unpaired) electrons. The SMILES string of the molecule is CNC(=O)c1ccc(C)c(Nc2ncnc3c2cnn3-c2ccccc2F)c1. The zero-order valence-corrected chi connectivity index (χ0v) is 15.3.